The molecule has 5 rings (SSSR count). The quantitative estimate of drug-likeness (QED) is 0.429. The summed E-state index contributed by atoms with van der Waals surface area (Å²) < 4.78 is 3.04. The average Bonchev–Trinajstić information content (AvgIpc) is 3.05. The summed E-state index contributed by atoms with van der Waals surface area (Å²) in [7, 11) is 0. The Balaban J connectivity index is 1.85. The van der Waals surface area contributed by atoms with Crippen LogP contribution in [0.4, 0.5) is 11.4 Å². The molecule has 4 aromatic rings. The van der Waals surface area contributed by atoms with Crippen LogP contribution < -0.4 is 11.1 Å². The lowest BCUT2D eigenvalue weighted by Gasteiger charge is -2.14. The van der Waals surface area contributed by atoms with Crippen LogP contribution in [0.1, 0.15) is 31.4 Å². The van der Waals surface area contributed by atoms with E-state index in [2.05, 4.69) is 0 Å². The zero-order chi connectivity index (χ0) is 22.9. The van der Waals surface area contributed by atoms with Crippen molar-refractivity contribution in [3.05, 3.63) is 105 Å². The molecule has 1 aliphatic rings. The number of aromatic nitrogens is 2. The van der Waals surface area contributed by atoms with Gasteiger partial charge in [0.15, 0.2) is 0 Å². The Morgan fingerprint density at radius 3 is 1.42 bits per heavy atom. The van der Waals surface area contributed by atoms with Crippen molar-refractivity contribution in [1.82, 2.24) is 9.13 Å². The molecule has 6 heteroatoms. The van der Waals surface area contributed by atoms with E-state index in [1.807, 2.05) is 86.6 Å². The van der Waals surface area contributed by atoms with Gasteiger partial charge in [-0.2, -0.15) is 0 Å². The fourth-order valence-corrected chi connectivity index (χ4v) is 4.37. The fourth-order valence-electron chi connectivity index (χ4n) is 4.37. The molecule has 0 amide bonds. The van der Waals surface area contributed by atoms with E-state index in [0.717, 1.165) is 22.6 Å². The summed E-state index contributed by atoms with van der Waals surface area (Å²) in [6.07, 6.45) is 0.570. The SMILES string of the molecule is CCn1c(=O)c(=O)n(CC)c2cc3c(cc21)N=C(c1ccccc1)CC(c1ccccc1)=N3. The maximum absolute atomic E-state index is 12.7. The zero-order valence-corrected chi connectivity index (χ0v) is 18.7. The van der Waals surface area contributed by atoms with Crippen molar-refractivity contribution in [2.45, 2.75) is 33.4 Å². The lowest BCUT2D eigenvalue weighted by atomic mass is 10.00. The van der Waals surface area contributed by atoms with Crippen LogP contribution in [-0.2, 0) is 13.1 Å². The van der Waals surface area contributed by atoms with Crippen LogP contribution in [0.15, 0.2) is 92.4 Å². The van der Waals surface area contributed by atoms with Gasteiger partial charge in [0.25, 0.3) is 0 Å². The number of hydrogen-bond acceptors (Lipinski definition) is 4. The number of aryl methyl sites for hydroxylation is 2. The topological polar surface area (TPSA) is 68.7 Å². The molecule has 164 valence electrons. The van der Waals surface area contributed by atoms with Gasteiger partial charge < -0.3 is 9.13 Å². The van der Waals surface area contributed by atoms with Crippen LogP contribution in [0.3, 0.4) is 0 Å². The number of fused-ring (bicyclic) bond motifs is 2. The Kier molecular flexibility index (Phi) is 5.34. The number of nitrogens with zero attached hydrogens (tertiary/aromatic N) is 4. The lowest BCUT2D eigenvalue weighted by molar-refractivity contribution is 0.683. The van der Waals surface area contributed by atoms with Crippen molar-refractivity contribution in [2.24, 2.45) is 9.98 Å². The molecule has 33 heavy (non-hydrogen) atoms. The summed E-state index contributed by atoms with van der Waals surface area (Å²) in [6, 6.07) is 23.9. The predicted octanol–water partition coefficient (Wildman–Crippen LogP) is 4.85. The molecule has 0 aliphatic carbocycles. The maximum atomic E-state index is 12.7. The summed E-state index contributed by atoms with van der Waals surface area (Å²) in [5.41, 5.74) is 5.61. The Bertz CT molecular complexity index is 1410. The second kappa shape index (κ2) is 8.47. The summed E-state index contributed by atoms with van der Waals surface area (Å²) in [5.74, 6) is 0. The highest BCUT2D eigenvalue weighted by Gasteiger charge is 2.20. The molecule has 6 nitrogen and oxygen atoms in total. The van der Waals surface area contributed by atoms with E-state index < -0.39 is 11.1 Å². The second-order valence-electron chi connectivity index (χ2n) is 7.95. The van der Waals surface area contributed by atoms with E-state index in [9.17, 15) is 9.59 Å². The van der Waals surface area contributed by atoms with Gasteiger partial charge in [0.2, 0.25) is 0 Å². The van der Waals surface area contributed by atoms with E-state index in [1.54, 1.807) is 0 Å². The molecule has 1 aromatic heterocycles. The van der Waals surface area contributed by atoms with Crippen LogP contribution in [0.25, 0.3) is 11.0 Å². The Morgan fingerprint density at radius 2 is 1.06 bits per heavy atom. The van der Waals surface area contributed by atoms with E-state index in [0.29, 0.717) is 41.9 Å². The fraction of sp³-hybridized carbons (Fsp3) is 0.185. The molecule has 0 N–H and O–H groups in total. The van der Waals surface area contributed by atoms with Gasteiger partial charge in [-0.15, -0.1) is 0 Å². The maximum Gasteiger partial charge on any atom is 0.316 e. The molecule has 0 spiro atoms. The Hall–Kier alpha value is -4.06. The third kappa shape index (κ3) is 3.63. The highest BCUT2D eigenvalue weighted by Crippen LogP contribution is 2.36. The number of rotatable bonds is 4. The smallest absolute Gasteiger partial charge is 0.302 e. The van der Waals surface area contributed by atoms with E-state index >= 15 is 0 Å². The molecule has 1 aliphatic heterocycles. The van der Waals surface area contributed by atoms with Gasteiger partial charge >= 0.3 is 11.1 Å². The normalized spacial score (nSPS) is 13.3. The lowest BCUT2D eigenvalue weighted by Crippen LogP contribution is -2.41. The molecule has 2 heterocycles. The molecule has 0 fully saturated rings. The Morgan fingerprint density at radius 1 is 0.667 bits per heavy atom. The van der Waals surface area contributed by atoms with Gasteiger partial charge in [-0.25, -0.2) is 0 Å². The molecule has 0 radical (unpaired) electrons. The molecule has 0 unspecified atom stereocenters. The minimum Gasteiger partial charge on any atom is -0.302 e. The second-order valence-corrected chi connectivity index (χ2v) is 7.95. The number of hydrogen-bond donors (Lipinski definition) is 0. The van der Waals surface area contributed by atoms with Crippen molar-refractivity contribution in [1.29, 1.82) is 0 Å². The van der Waals surface area contributed by atoms with Crippen molar-refractivity contribution in [2.75, 3.05) is 0 Å². The van der Waals surface area contributed by atoms with Gasteiger partial charge in [0, 0.05) is 19.5 Å². The first-order chi connectivity index (χ1) is 16.1. The van der Waals surface area contributed by atoms with Gasteiger partial charge in [0.1, 0.15) is 0 Å². The highest BCUT2D eigenvalue weighted by atomic mass is 16.2. The van der Waals surface area contributed by atoms with Crippen molar-refractivity contribution in [3.8, 4) is 0 Å². The Labute approximate surface area is 191 Å². The van der Waals surface area contributed by atoms with Gasteiger partial charge in [0.05, 0.1) is 33.8 Å². The average molecular weight is 437 g/mol. The molecule has 3 aromatic carbocycles. The number of benzene rings is 3. The van der Waals surface area contributed by atoms with Crippen LogP contribution in [0, 0.1) is 0 Å². The van der Waals surface area contributed by atoms with Crippen molar-refractivity contribution >= 4 is 33.8 Å². The van der Waals surface area contributed by atoms with E-state index in [-0.39, 0.29) is 0 Å². The first kappa shape index (κ1) is 20.8. The number of aliphatic imine (C=N–C) groups is 2. The first-order valence-corrected chi connectivity index (χ1v) is 11.2. The molecule has 0 bridgehead atoms. The largest absolute Gasteiger partial charge is 0.316 e. The molecule has 0 atom stereocenters. The van der Waals surface area contributed by atoms with Gasteiger partial charge in [-0.1, -0.05) is 60.7 Å². The molecular formula is C27H24N4O2. The standard InChI is InChI=1S/C27H24N4O2/c1-3-30-24-16-22-23(17-25(24)31(4-2)27(33)26(30)32)29-21(19-13-9-6-10-14-19)15-20(28-22)18-11-7-5-8-12-18/h5-14,16-17H,3-4,15H2,1-2H3. The monoisotopic (exact) mass is 436 g/mol. The van der Waals surface area contributed by atoms with Crippen LogP contribution in [0.5, 0.6) is 0 Å². The van der Waals surface area contributed by atoms with Gasteiger partial charge in [-0.05, 0) is 37.1 Å². The van der Waals surface area contributed by atoms with Crippen LogP contribution >= 0.6 is 0 Å². The van der Waals surface area contributed by atoms with Crippen LogP contribution in [-0.4, -0.2) is 20.6 Å². The van der Waals surface area contributed by atoms with Crippen molar-refractivity contribution in [3.63, 3.8) is 0 Å². The van der Waals surface area contributed by atoms with E-state index in [4.69, 9.17) is 9.98 Å². The van der Waals surface area contributed by atoms with Crippen LogP contribution in [0.2, 0.25) is 0 Å². The summed E-state index contributed by atoms with van der Waals surface area (Å²) in [5, 5.41) is 0. The van der Waals surface area contributed by atoms with E-state index in [1.165, 1.54) is 9.13 Å². The minimum absolute atomic E-state index is 0.404. The summed E-state index contributed by atoms with van der Waals surface area (Å²) in [6.45, 7) is 4.54. The van der Waals surface area contributed by atoms with Gasteiger partial charge in [-0.3, -0.25) is 19.6 Å². The van der Waals surface area contributed by atoms with Crippen molar-refractivity contribution < 1.29 is 0 Å². The summed E-state index contributed by atoms with van der Waals surface area (Å²) >= 11 is 0. The molecule has 0 saturated carbocycles. The third-order valence-electron chi connectivity index (χ3n) is 6.02. The zero-order valence-electron chi connectivity index (χ0n) is 18.7. The summed E-state index contributed by atoms with van der Waals surface area (Å²) in [4.78, 5) is 35.5. The minimum atomic E-state index is -0.513. The highest BCUT2D eigenvalue weighted by molar-refractivity contribution is 6.20. The first-order valence-electron chi connectivity index (χ1n) is 11.2. The molecular weight excluding hydrogens is 412 g/mol. The third-order valence-corrected chi connectivity index (χ3v) is 6.02. The predicted molar refractivity (Wildman–Crippen MR) is 134 cm³/mol. The molecule has 0 saturated heterocycles.